The standard InChI is InChI=1S/C17H15N5OS/c1-2-10-24-17-20-16(23)14-11-6-3-4-7-12(11)19-15(22(14)21-17)13-8-5-9-18-13/h2-9,15,18H,1,10H2,(H,20,21,23). The first-order valence-electron chi connectivity index (χ1n) is 7.51. The van der Waals surface area contributed by atoms with Gasteiger partial charge in [-0.25, -0.2) is 5.01 Å². The van der Waals surface area contributed by atoms with E-state index in [1.54, 1.807) is 11.1 Å². The summed E-state index contributed by atoms with van der Waals surface area (Å²) in [4.78, 5) is 20.7. The van der Waals surface area contributed by atoms with Gasteiger partial charge in [0.15, 0.2) is 11.3 Å². The summed E-state index contributed by atoms with van der Waals surface area (Å²) in [6.07, 6.45) is 3.22. The third kappa shape index (κ3) is 2.43. The van der Waals surface area contributed by atoms with Gasteiger partial charge >= 0.3 is 0 Å². The van der Waals surface area contributed by atoms with E-state index < -0.39 is 6.17 Å². The summed E-state index contributed by atoms with van der Waals surface area (Å²) >= 11 is 1.43. The molecule has 0 fully saturated rings. The third-order valence-corrected chi connectivity index (χ3v) is 4.61. The van der Waals surface area contributed by atoms with Crippen LogP contribution in [0.5, 0.6) is 0 Å². The second kappa shape index (κ2) is 6.01. The predicted octanol–water partition coefficient (Wildman–Crippen LogP) is 1.08. The Labute approximate surface area is 142 Å². The van der Waals surface area contributed by atoms with E-state index in [4.69, 9.17) is 4.99 Å². The van der Waals surface area contributed by atoms with Crippen LogP contribution in [-0.2, 0) is 4.79 Å². The number of hydrazone groups is 1. The van der Waals surface area contributed by atoms with Gasteiger partial charge in [0.05, 0.1) is 11.1 Å². The Balaban J connectivity index is 1.91. The van der Waals surface area contributed by atoms with Gasteiger partial charge < -0.3 is 4.98 Å². The monoisotopic (exact) mass is 337 g/mol. The number of hydrogen-bond acceptors (Lipinski definition) is 5. The Morgan fingerprint density at radius 1 is 1.29 bits per heavy atom. The third-order valence-electron chi connectivity index (χ3n) is 3.75. The van der Waals surface area contributed by atoms with Crippen molar-refractivity contribution in [2.45, 2.75) is 6.17 Å². The zero-order chi connectivity index (χ0) is 16.5. The van der Waals surface area contributed by atoms with Crippen molar-refractivity contribution in [2.24, 2.45) is 10.1 Å². The molecule has 24 heavy (non-hydrogen) atoms. The van der Waals surface area contributed by atoms with Gasteiger partial charge in [-0.2, -0.15) is 0 Å². The highest BCUT2D eigenvalue weighted by molar-refractivity contribution is 8.14. The molecule has 1 aromatic heterocycles. The van der Waals surface area contributed by atoms with E-state index in [0.29, 0.717) is 16.6 Å². The van der Waals surface area contributed by atoms with Crippen LogP contribution in [0, 0.1) is 0 Å². The number of para-hydroxylation sites is 1. The fourth-order valence-corrected chi connectivity index (χ4v) is 3.32. The number of nitrogens with one attached hydrogen (secondary N) is 2. The van der Waals surface area contributed by atoms with Crippen LogP contribution in [0.3, 0.4) is 0 Å². The van der Waals surface area contributed by atoms with Crippen LogP contribution in [0.1, 0.15) is 11.9 Å². The molecule has 2 aliphatic rings. The Morgan fingerprint density at radius 2 is 2.17 bits per heavy atom. The number of rotatable bonds is 3. The second-order valence-electron chi connectivity index (χ2n) is 5.30. The summed E-state index contributed by atoms with van der Waals surface area (Å²) in [5, 5.41) is 11.3. The lowest BCUT2D eigenvalue weighted by molar-refractivity contribution is -0.116. The maximum atomic E-state index is 12.7. The predicted molar refractivity (Wildman–Crippen MR) is 94.2 cm³/mol. The van der Waals surface area contributed by atoms with Gasteiger partial charge in [-0.05, 0) is 18.2 Å². The molecule has 120 valence electrons. The smallest absolute Gasteiger partial charge is 0.276 e. The lowest BCUT2D eigenvalue weighted by Gasteiger charge is -2.33. The molecule has 1 atom stereocenters. The van der Waals surface area contributed by atoms with Crippen molar-refractivity contribution in [3.05, 3.63) is 71.5 Å². The van der Waals surface area contributed by atoms with Gasteiger partial charge in [0.25, 0.3) is 5.91 Å². The fraction of sp³-hybridized carbons (Fsp3) is 0.118. The van der Waals surface area contributed by atoms with E-state index in [9.17, 15) is 4.79 Å². The van der Waals surface area contributed by atoms with Crippen molar-refractivity contribution in [1.82, 2.24) is 15.3 Å². The summed E-state index contributed by atoms with van der Waals surface area (Å²) in [5.74, 6) is 0.499. The van der Waals surface area contributed by atoms with Gasteiger partial charge in [-0.15, -0.1) is 11.7 Å². The molecule has 2 aliphatic heterocycles. The summed E-state index contributed by atoms with van der Waals surface area (Å²) in [7, 11) is 0. The molecule has 3 heterocycles. The topological polar surface area (TPSA) is 72.8 Å². The van der Waals surface area contributed by atoms with Crippen LogP contribution >= 0.6 is 11.8 Å². The number of thioether (sulfide) groups is 1. The number of amidine groups is 1. The van der Waals surface area contributed by atoms with Crippen LogP contribution in [0.25, 0.3) is 5.70 Å². The molecule has 6 nitrogen and oxygen atoms in total. The molecule has 1 unspecified atom stereocenters. The summed E-state index contributed by atoms with van der Waals surface area (Å²) in [5.41, 5.74) is 1.40. The number of aromatic amines is 1. The molecule has 7 heteroatoms. The van der Waals surface area contributed by atoms with Crippen molar-refractivity contribution in [2.75, 3.05) is 5.75 Å². The van der Waals surface area contributed by atoms with Gasteiger partial charge in [0.1, 0.15) is 5.70 Å². The van der Waals surface area contributed by atoms with Crippen LogP contribution in [0.4, 0.5) is 0 Å². The molecule has 0 spiro atoms. The number of fused-ring (bicyclic) bond motifs is 2. The van der Waals surface area contributed by atoms with Gasteiger partial charge in [0.2, 0.25) is 0 Å². The van der Waals surface area contributed by atoms with Crippen molar-refractivity contribution in [3.8, 4) is 0 Å². The van der Waals surface area contributed by atoms with Gasteiger partial charge in [-0.1, -0.05) is 36.0 Å². The Kier molecular flexibility index (Phi) is 3.70. The van der Waals surface area contributed by atoms with Crippen molar-refractivity contribution in [3.63, 3.8) is 0 Å². The maximum Gasteiger partial charge on any atom is 0.276 e. The molecular weight excluding hydrogens is 322 g/mol. The number of benzene rings is 1. The van der Waals surface area contributed by atoms with Crippen molar-refractivity contribution >= 4 is 28.5 Å². The fourth-order valence-electron chi connectivity index (χ4n) is 2.74. The molecular formula is C17H15N5OS. The van der Waals surface area contributed by atoms with E-state index in [1.165, 1.54) is 11.8 Å². The molecule has 2 aromatic rings. The van der Waals surface area contributed by atoms with Gasteiger partial charge in [-0.3, -0.25) is 15.1 Å². The number of H-pyrrole nitrogens is 1. The summed E-state index contributed by atoms with van der Waals surface area (Å²) < 4.78 is 0. The number of amides is 1. The Hall–Kier alpha value is -2.80. The molecule has 0 saturated carbocycles. The molecule has 2 N–H and O–H groups in total. The van der Waals surface area contributed by atoms with Crippen LogP contribution < -0.4 is 15.9 Å². The van der Waals surface area contributed by atoms with E-state index in [0.717, 1.165) is 16.3 Å². The molecule has 0 bridgehead atoms. The molecule has 0 radical (unpaired) electrons. The average molecular weight is 337 g/mol. The minimum atomic E-state index is -0.393. The highest BCUT2D eigenvalue weighted by atomic mass is 32.2. The minimum absolute atomic E-state index is 0.171. The van der Waals surface area contributed by atoms with Gasteiger partial charge in [0, 0.05) is 17.2 Å². The van der Waals surface area contributed by atoms with Crippen LogP contribution in [-0.4, -0.2) is 26.8 Å². The Bertz CT molecular complexity index is 948. The summed E-state index contributed by atoms with van der Waals surface area (Å²) in [6.45, 7) is 3.70. The minimum Gasteiger partial charge on any atom is -0.362 e. The number of hydrogen-bond donors (Lipinski definition) is 2. The van der Waals surface area contributed by atoms with E-state index >= 15 is 0 Å². The number of nitrogens with zero attached hydrogens (tertiary/aromatic N) is 3. The summed E-state index contributed by atoms with van der Waals surface area (Å²) in [6, 6.07) is 11.5. The zero-order valence-corrected chi connectivity index (χ0v) is 13.6. The SMILES string of the molecule is C=CCSC1=NN2C(=c3ccccc3=NC2c2ccc[nH]2)C(=O)N1. The van der Waals surface area contributed by atoms with E-state index in [-0.39, 0.29) is 5.91 Å². The van der Waals surface area contributed by atoms with Crippen molar-refractivity contribution < 1.29 is 4.79 Å². The maximum absolute atomic E-state index is 12.7. The van der Waals surface area contributed by atoms with Crippen molar-refractivity contribution in [1.29, 1.82) is 0 Å². The largest absolute Gasteiger partial charge is 0.362 e. The molecule has 1 amide bonds. The van der Waals surface area contributed by atoms with Crippen LogP contribution in [0.15, 0.2) is 65.3 Å². The molecule has 0 saturated heterocycles. The zero-order valence-electron chi connectivity index (χ0n) is 12.8. The number of carbonyl (C=O) groups excluding carboxylic acids is 1. The normalized spacial score (nSPS) is 18.9. The highest BCUT2D eigenvalue weighted by Crippen LogP contribution is 2.29. The van der Waals surface area contributed by atoms with E-state index in [1.807, 2.05) is 42.6 Å². The molecule has 1 aromatic carbocycles. The second-order valence-corrected chi connectivity index (χ2v) is 6.31. The first kappa shape index (κ1) is 14.8. The number of carbonyl (C=O) groups is 1. The first-order chi connectivity index (χ1) is 11.8. The molecule has 0 aliphatic carbocycles. The molecule has 4 rings (SSSR count). The van der Waals surface area contributed by atoms with Crippen LogP contribution in [0.2, 0.25) is 0 Å². The average Bonchev–Trinajstić information content (AvgIpc) is 3.13. The van der Waals surface area contributed by atoms with E-state index in [2.05, 4.69) is 22.0 Å². The first-order valence-corrected chi connectivity index (χ1v) is 8.50. The Morgan fingerprint density at radius 3 is 2.96 bits per heavy atom. The highest BCUT2D eigenvalue weighted by Gasteiger charge is 2.34. The number of aromatic nitrogens is 1. The lowest BCUT2D eigenvalue weighted by Crippen LogP contribution is -2.50. The lowest BCUT2D eigenvalue weighted by atomic mass is 10.1. The quantitative estimate of drug-likeness (QED) is 0.823.